The molecular weight excluding hydrogens is 564 g/mol. The molecule has 0 amide bonds. The van der Waals surface area contributed by atoms with E-state index in [9.17, 15) is 9.59 Å². The third-order valence-corrected chi connectivity index (χ3v) is 8.14. The zero-order valence-electron chi connectivity index (χ0n) is 25.7. The highest BCUT2D eigenvalue weighted by Crippen LogP contribution is 2.56. The van der Waals surface area contributed by atoms with E-state index in [2.05, 4.69) is 86.0 Å². The van der Waals surface area contributed by atoms with E-state index in [1.807, 2.05) is 30.3 Å². The van der Waals surface area contributed by atoms with E-state index < -0.39 is 29.6 Å². The van der Waals surface area contributed by atoms with Crippen LogP contribution in [0.5, 0.6) is 11.5 Å². The average molecular weight is 603 g/mol. The Balaban J connectivity index is 1.47. The van der Waals surface area contributed by atoms with Crippen LogP contribution in [0.1, 0.15) is 54.0 Å². The molecule has 0 spiro atoms. The highest BCUT2D eigenvalue weighted by molar-refractivity contribution is 5.81. The van der Waals surface area contributed by atoms with Gasteiger partial charge in [-0.15, -0.1) is 0 Å². The lowest BCUT2D eigenvalue weighted by molar-refractivity contribution is -0.144. The average Bonchev–Trinajstić information content (AvgIpc) is 3.43. The molecule has 0 bridgehead atoms. The highest BCUT2D eigenvalue weighted by atomic mass is 16.6. The number of carbonyl (C=O) groups is 2. The van der Waals surface area contributed by atoms with Crippen LogP contribution in [0, 0.1) is 0 Å². The summed E-state index contributed by atoms with van der Waals surface area (Å²) in [7, 11) is 0. The van der Waals surface area contributed by atoms with Crippen molar-refractivity contribution < 1.29 is 28.5 Å². The van der Waals surface area contributed by atoms with E-state index in [0.29, 0.717) is 11.5 Å². The van der Waals surface area contributed by atoms with Crippen molar-refractivity contribution in [1.82, 2.24) is 0 Å². The van der Waals surface area contributed by atoms with Crippen molar-refractivity contribution in [2.45, 2.75) is 43.8 Å². The first-order valence-corrected chi connectivity index (χ1v) is 15.1. The Morgan fingerprint density at radius 3 is 1.67 bits per heavy atom. The summed E-state index contributed by atoms with van der Waals surface area (Å²) >= 11 is 0. The Bertz CT molecular complexity index is 1550. The summed E-state index contributed by atoms with van der Waals surface area (Å²) in [5.74, 6) is 0.638. The van der Waals surface area contributed by atoms with Crippen LogP contribution in [-0.4, -0.2) is 37.4 Å². The van der Waals surface area contributed by atoms with Crippen LogP contribution in [0.15, 0.2) is 128 Å². The lowest BCUT2D eigenvalue weighted by atomic mass is 9.69. The van der Waals surface area contributed by atoms with Crippen molar-refractivity contribution in [2.75, 3.05) is 13.2 Å². The summed E-state index contributed by atoms with van der Waals surface area (Å²) in [4.78, 5) is 23.1. The van der Waals surface area contributed by atoms with Gasteiger partial charge in [-0.05, 0) is 72.4 Å². The van der Waals surface area contributed by atoms with Crippen LogP contribution < -0.4 is 9.47 Å². The van der Waals surface area contributed by atoms with Crippen LogP contribution in [-0.2, 0) is 24.5 Å². The standard InChI is InChI=1S/C39H38O6/c1-5-37(40)44-27(3)25-42-32-20-16-30(17-21-32)39(31-18-22-33(23-19-31)43-26-28(4)45-38(41)6-2)24-35(29-12-8-7-9-13-29)34-14-10-11-15-36(34)39/h5-23,27-28,35H,1-2,24-26H2,3-4H3. The fourth-order valence-corrected chi connectivity index (χ4v) is 6.07. The second kappa shape index (κ2) is 14.1. The molecule has 1 aliphatic rings. The highest BCUT2D eigenvalue weighted by Gasteiger charge is 2.46. The smallest absolute Gasteiger partial charge is 0.330 e. The number of ether oxygens (including phenoxy) is 4. The van der Waals surface area contributed by atoms with Crippen LogP contribution in [0.2, 0.25) is 0 Å². The van der Waals surface area contributed by atoms with E-state index >= 15 is 0 Å². The van der Waals surface area contributed by atoms with Crippen molar-refractivity contribution in [3.05, 3.63) is 156 Å². The van der Waals surface area contributed by atoms with E-state index in [1.54, 1.807) is 13.8 Å². The van der Waals surface area contributed by atoms with E-state index in [4.69, 9.17) is 18.9 Å². The van der Waals surface area contributed by atoms with Crippen LogP contribution in [0.3, 0.4) is 0 Å². The largest absolute Gasteiger partial charge is 0.490 e. The van der Waals surface area contributed by atoms with Gasteiger partial charge >= 0.3 is 11.9 Å². The molecule has 0 aromatic heterocycles. The molecule has 4 aromatic rings. The molecule has 0 heterocycles. The summed E-state index contributed by atoms with van der Waals surface area (Å²) in [6, 6.07) is 35.7. The molecule has 6 nitrogen and oxygen atoms in total. The predicted octanol–water partition coefficient (Wildman–Crippen LogP) is 7.55. The van der Waals surface area contributed by atoms with Crippen LogP contribution >= 0.6 is 0 Å². The fourth-order valence-electron chi connectivity index (χ4n) is 6.07. The Morgan fingerprint density at radius 2 is 1.18 bits per heavy atom. The minimum atomic E-state index is -0.474. The molecule has 5 rings (SSSR count). The lowest BCUT2D eigenvalue weighted by Crippen LogP contribution is -2.27. The molecule has 0 N–H and O–H groups in total. The van der Waals surface area contributed by atoms with Gasteiger partial charge in [-0.2, -0.15) is 0 Å². The van der Waals surface area contributed by atoms with Crippen molar-refractivity contribution >= 4 is 11.9 Å². The maximum Gasteiger partial charge on any atom is 0.330 e. The first kappa shape index (κ1) is 31.3. The molecule has 230 valence electrons. The molecule has 3 unspecified atom stereocenters. The SMILES string of the molecule is C=CC(=O)OC(C)COc1ccc(C2(c3ccc(OCC(C)OC(=O)C=C)cc3)CC(c3ccccc3)c3ccccc32)cc1. The first-order valence-electron chi connectivity index (χ1n) is 15.1. The van der Waals surface area contributed by atoms with Crippen molar-refractivity contribution in [1.29, 1.82) is 0 Å². The number of benzene rings is 4. The molecule has 0 aliphatic heterocycles. The predicted molar refractivity (Wildman–Crippen MR) is 175 cm³/mol. The van der Waals surface area contributed by atoms with Gasteiger partial charge in [0.1, 0.15) is 36.9 Å². The Labute approximate surface area is 264 Å². The summed E-state index contributed by atoms with van der Waals surface area (Å²) in [6.45, 7) is 10.9. The van der Waals surface area contributed by atoms with E-state index in [0.717, 1.165) is 29.7 Å². The molecule has 3 atom stereocenters. The molecule has 0 saturated heterocycles. The van der Waals surface area contributed by atoms with Crippen molar-refractivity contribution in [3.63, 3.8) is 0 Å². The van der Waals surface area contributed by atoms with Crippen LogP contribution in [0.4, 0.5) is 0 Å². The zero-order chi connectivity index (χ0) is 31.8. The molecule has 1 aliphatic carbocycles. The Kier molecular flexibility index (Phi) is 9.83. The van der Waals surface area contributed by atoms with Crippen molar-refractivity contribution in [3.8, 4) is 11.5 Å². The summed E-state index contributed by atoms with van der Waals surface area (Å²) < 4.78 is 22.4. The quantitative estimate of drug-likeness (QED) is 0.116. The minimum absolute atomic E-state index is 0.204. The summed E-state index contributed by atoms with van der Waals surface area (Å²) in [5, 5.41) is 0. The topological polar surface area (TPSA) is 71.1 Å². The van der Waals surface area contributed by atoms with Gasteiger partial charge in [-0.25, -0.2) is 9.59 Å². The van der Waals surface area contributed by atoms with Gasteiger partial charge in [0.25, 0.3) is 0 Å². The van der Waals surface area contributed by atoms with Gasteiger partial charge < -0.3 is 18.9 Å². The number of rotatable bonds is 13. The van der Waals surface area contributed by atoms with E-state index in [-0.39, 0.29) is 19.1 Å². The number of hydrogen-bond acceptors (Lipinski definition) is 6. The first-order chi connectivity index (χ1) is 21.8. The van der Waals surface area contributed by atoms with Gasteiger partial charge in [0, 0.05) is 23.5 Å². The lowest BCUT2D eigenvalue weighted by Gasteiger charge is -2.33. The number of esters is 2. The summed E-state index contributed by atoms with van der Waals surface area (Å²) in [5.41, 5.74) is 5.69. The van der Waals surface area contributed by atoms with Crippen LogP contribution in [0.25, 0.3) is 0 Å². The maximum absolute atomic E-state index is 11.5. The molecule has 0 radical (unpaired) electrons. The monoisotopic (exact) mass is 602 g/mol. The molecular formula is C39H38O6. The Hall–Kier alpha value is -5.10. The molecule has 0 fully saturated rings. The molecule has 0 saturated carbocycles. The zero-order valence-corrected chi connectivity index (χ0v) is 25.7. The maximum atomic E-state index is 11.5. The fraction of sp³-hybridized carbons (Fsp3) is 0.231. The third kappa shape index (κ3) is 7.01. The number of carbonyl (C=O) groups excluding carboxylic acids is 2. The molecule has 45 heavy (non-hydrogen) atoms. The van der Waals surface area contributed by atoms with Gasteiger partial charge in [0.05, 0.1) is 0 Å². The minimum Gasteiger partial charge on any atom is -0.490 e. The van der Waals surface area contributed by atoms with E-state index in [1.165, 1.54) is 16.7 Å². The number of hydrogen-bond donors (Lipinski definition) is 0. The third-order valence-electron chi connectivity index (χ3n) is 8.14. The molecule has 4 aromatic carbocycles. The van der Waals surface area contributed by atoms with Gasteiger partial charge in [-0.3, -0.25) is 0 Å². The van der Waals surface area contributed by atoms with Crippen molar-refractivity contribution in [2.24, 2.45) is 0 Å². The van der Waals surface area contributed by atoms with Gasteiger partial charge in [0.15, 0.2) is 0 Å². The normalized spacial score (nSPS) is 18.1. The number of fused-ring (bicyclic) bond motifs is 1. The Morgan fingerprint density at radius 1 is 0.711 bits per heavy atom. The van der Waals surface area contributed by atoms with Gasteiger partial charge in [0.2, 0.25) is 0 Å². The van der Waals surface area contributed by atoms with Gasteiger partial charge in [-0.1, -0.05) is 92.0 Å². The summed E-state index contributed by atoms with van der Waals surface area (Å²) in [6.07, 6.45) is 2.32. The second-order valence-electron chi connectivity index (χ2n) is 11.2. The second-order valence-corrected chi connectivity index (χ2v) is 11.2. The molecule has 6 heteroatoms.